The van der Waals surface area contributed by atoms with Crippen molar-refractivity contribution in [3.8, 4) is 0 Å². The number of hydrogen-bond donors (Lipinski definition) is 1. The predicted molar refractivity (Wildman–Crippen MR) is 108 cm³/mol. The van der Waals surface area contributed by atoms with Gasteiger partial charge in [0.15, 0.2) is 17.0 Å². The largest absolute Gasteiger partial charge is 0.388 e. The summed E-state index contributed by atoms with van der Waals surface area (Å²) < 4.78 is 1.71. The fourth-order valence-electron chi connectivity index (χ4n) is 3.31. The van der Waals surface area contributed by atoms with Crippen molar-refractivity contribution in [1.82, 2.24) is 29.9 Å². The van der Waals surface area contributed by atoms with Gasteiger partial charge in [-0.25, -0.2) is 14.6 Å². The molecule has 148 valence electrons. The molecule has 0 spiro atoms. The lowest BCUT2D eigenvalue weighted by Gasteiger charge is -2.23. The number of rotatable bonds is 3. The van der Waals surface area contributed by atoms with E-state index in [2.05, 4.69) is 41.0 Å². The second-order valence-electron chi connectivity index (χ2n) is 8.64. The average molecular weight is 402 g/mol. The van der Waals surface area contributed by atoms with E-state index in [4.69, 9.17) is 21.6 Å². The highest BCUT2D eigenvalue weighted by atomic mass is 35.5. The highest BCUT2D eigenvalue weighted by Crippen LogP contribution is 2.32. The zero-order chi connectivity index (χ0) is 20.1. The minimum absolute atomic E-state index is 0.247. The molecule has 1 aliphatic heterocycles. The van der Waals surface area contributed by atoms with Crippen molar-refractivity contribution in [2.24, 2.45) is 0 Å². The number of aromatic nitrogens is 6. The Morgan fingerprint density at radius 2 is 2.07 bits per heavy atom. The van der Waals surface area contributed by atoms with E-state index in [1.807, 2.05) is 6.92 Å². The lowest BCUT2D eigenvalue weighted by Crippen LogP contribution is -2.31. The van der Waals surface area contributed by atoms with Gasteiger partial charge in [-0.05, 0) is 25.5 Å². The van der Waals surface area contributed by atoms with Gasteiger partial charge < -0.3 is 10.0 Å². The lowest BCUT2D eigenvalue weighted by atomic mass is 9.96. The monoisotopic (exact) mass is 401 g/mol. The van der Waals surface area contributed by atoms with E-state index in [0.29, 0.717) is 59.6 Å². The van der Waals surface area contributed by atoms with Crippen LogP contribution in [0.5, 0.6) is 0 Å². The molecule has 0 radical (unpaired) electrons. The lowest BCUT2D eigenvalue weighted by molar-refractivity contribution is 0.0839. The second kappa shape index (κ2) is 6.63. The molecule has 4 heterocycles. The Balaban J connectivity index is 1.84. The predicted octanol–water partition coefficient (Wildman–Crippen LogP) is 2.58. The molecule has 0 aliphatic carbocycles. The smallest absolute Gasteiger partial charge is 0.184 e. The van der Waals surface area contributed by atoms with Crippen molar-refractivity contribution in [3.63, 3.8) is 0 Å². The highest BCUT2D eigenvalue weighted by Gasteiger charge is 2.34. The molecule has 4 rings (SSSR count). The molecule has 0 amide bonds. The summed E-state index contributed by atoms with van der Waals surface area (Å²) in [6, 6.07) is 3.60. The molecule has 9 heteroatoms. The molecule has 28 heavy (non-hydrogen) atoms. The van der Waals surface area contributed by atoms with E-state index in [1.165, 1.54) is 0 Å². The topological polar surface area (TPSA) is 92.8 Å². The molecular formula is C19H24ClN7O. The van der Waals surface area contributed by atoms with Gasteiger partial charge in [-0.1, -0.05) is 37.6 Å². The van der Waals surface area contributed by atoms with Crippen LogP contribution in [-0.4, -0.2) is 53.7 Å². The summed E-state index contributed by atoms with van der Waals surface area (Å²) in [4.78, 5) is 16.0. The first kappa shape index (κ1) is 19.0. The third-order valence-corrected chi connectivity index (χ3v) is 5.24. The Morgan fingerprint density at radius 3 is 2.71 bits per heavy atom. The van der Waals surface area contributed by atoms with Gasteiger partial charge in [-0.3, -0.25) is 4.98 Å². The van der Waals surface area contributed by atoms with E-state index in [-0.39, 0.29) is 5.41 Å². The molecular weight excluding hydrogens is 378 g/mol. The van der Waals surface area contributed by atoms with Crippen LogP contribution in [0.2, 0.25) is 5.02 Å². The standard InChI is InChI=1S/C19H24ClN7O/c1-18(2,3)17-22-15(26-9-7-19(4,28)11-26)14-16(23-17)27(25-24-14)10-13-12(20)6-5-8-21-13/h5-6,8,28H,7,9-11H2,1-4H3/t19-/m1/s1. The van der Waals surface area contributed by atoms with Gasteiger partial charge in [0.25, 0.3) is 0 Å². The van der Waals surface area contributed by atoms with Crippen LogP contribution in [0.3, 0.4) is 0 Å². The Hall–Kier alpha value is -2.32. The van der Waals surface area contributed by atoms with E-state index >= 15 is 0 Å². The summed E-state index contributed by atoms with van der Waals surface area (Å²) in [6.07, 6.45) is 2.38. The molecule has 1 saturated heterocycles. The number of β-amino-alcohol motifs (C(OH)–C–C–N with tert-alkyl or cyclic N) is 1. The molecule has 3 aromatic rings. The first-order chi connectivity index (χ1) is 13.1. The van der Waals surface area contributed by atoms with Crippen molar-refractivity contribution in [2.45, 2.75) is 51.7 Å². The van der Waals surface area contributed by atoms with Crippen LogP contribution >= 0.6 is 11.6 Å². The van der Waals surface area contributed by atoms with Gasteiger partial charge >= 0.3 is 0 Å². The summed E-state index contributed by atoms with van der Waals surface area (Å²) >= 11 is 6.27. The summed E-state index contributed by atoms with van der Waals surface area (Å²) in [7, 11) is 0. The van der Waals surface area contributed by atoms with Gasteiger partial charge in [0.2, 0.25) is 0 Å². The number of halogens is 1. The quantitative estimate of drug-likeness (QED) is 0.720. The fraction of sp³-hybridized carbons (Fsp3) is 0.526. The number of anilines is 1. The number of nitrogens with zero attached hydrogens (tertiary/aromatic N) is 7. The molecule has 1 atom stereocenters. The molecule has 0 saturated carbocycles. The van der Waals surface area contributed by atoms with E-state index < -0.39 is 5.60 Å². The minimum atomic E-state index is -0.739. The van der Waals surface area contributed by atoms with Crippen molar-refractivity contribution >= 4 is 28.6 Å². The SMILES string of the molecule is CC(C)(C)c1nc(N2CC[C@@](C)(O)C2)c2nnn(Cc3ncccc3Cl)c2n1. The summed E-state index contributed by atoms with van der Waals surface area (Å²) in [6.45, 7) is 9.64. The van der Waals surface area contributed by atoms with Crippen molar-refractivity contribution in [2.75, 3.05) is 18.0 Å². The zero-order valence-electron chi connectivity index (χ0n) is 16.5. The average Bonchev–Trinajstić information content (AvgIpc) is 3.18. The Kier molecular flexibility index (Phi) is 4.50. The van der Waals surface area contributed by atoms with Crippen LogP contribution in [0.25, 0.3) is 11.2 Å². The van der Waals surface area contributed by atoms with Gasteiger partial charge in [-0.15, -0.1) is 5.10 Å². The zero-order valence-corrected chi connectivity index (χ0v) is 17.3. The van der Waals surface area contributed by atoms with E-state index in [9.17, 15) is 5.11 Å². The van der Waals surface area contributed by atoms with Gasteiger partial charge in [0.1, 0.15) is 5.82 Å². The van der Waals surface area contributed by atoms with Crippen molar-refractivity contribution in [1.29, 1.82) is 0 Å². The van der Waals surface area contributed by atoms with Crippen LogP contribution in [0.4, 0.5) is 5.82 Å². The van der Waals surface area contributed by atoms with Crippen LogP contribution in [0.15, 0.2) is 18.3 Å². The first-order valence-corrected chi connectivity index (χ1v) is 9.70. The Bertz CT molecular complexity index is 1020. The number of hydrogen-bond acceptors (Lipinski definition) is 7. The van der Waals surface area contributed by atoms with E-state index in [0.717, 1.165) is 0 Å². The first-order valence-electron chi connectivity index (χ1n) is 9.32. The van der Waals surface area contributed by atoms with Crippen molar-refractivity contribution < 1.29 is 5.11 Å². The highest BCUT2D eigenvalue weighted by molar-refractivity contribution is 6.31. The maximum absolute atomic E-state index is 10.4. The van der Waals surface area contributed by atoms with Crippen LogP contribution in [-0.2, 0) is 12.0 Å². The molecule has 1 N–H and O–H groups in total. The maximum atomic E-state index is 10.4. The van der Waals surface area contributed by atoms with E-state index in [1.54, 1.807) is 23.0 Å². The maximum Gasteiger partial charge on any atom is 0.184 e. The molecule has 3 aromatic heterocycles. The van der Waals surface area contributed by atoms with Crippen LogP contribution < -0.4 is 4.90 Å². The molecule has 1 aliphatic rings. The summed E-state index contributed by atoms with van der Waals surface area (Å²) in [5.74, 6) is 1.42. The summed E-state index contributed by atoms with van der Waals surface area (Å²) in [5, 5.41) is 19.6. The number of aliphatic hydroxyl groups is 1. The molecule has 8 nitrogen and oxygen atoms in total. The summed E-state index contributed by atoms with van der Waals surface area (Å²) in [5.41, 5.74) is 0.984. The Labute approximate surface area is 168 Å². The van der Waals surface area contributed by atoms with Crippen LogP contribution in [0.1, 0.15) is 45.6 Å². The van der Waals surface area contributed by atoms with Crippen molar-refractivity contribution in [3.05, 3.63) is 34.9 Å². The van der Waals surface area contributed by atoms with Gasteiger partial charge in [0, 0.05) is 24.7 Å². The fourth-order valence-corrected chi connectivity index (χ4v) is 3.49. The molecule has 0 aromatic carbocycles. The molecule has 1 fully saturated rings. The normalized spacial score (nSPS) is 20.3. The number of fused-ring (bicyclic) bond motifs is 1. The number of pyridine rings is 1. The third-order valence-electron chi connectivity index (χ3n) is 4.90. The minimum Gasteiger partial charge on any atom is -0.388 e. The van der Waals surface area contributed by atoms with Crippen LogP contribution in [0, 0.1) is 0 Å². The molecule has 0 unspecified atom stereocenters. The molecule has 0 bridgehead atoms. The van der Waals surface area contributed by atoms with Gasteiger partial charge in [-0.2, -0.15) is 0 Å². The third kappa shape index (κ3) is 3.54. The second-order valence-corrected chi connectivity index (χ2v) is 9.05. The Morgan fingerprint density at radius 1 is 1.29 bits per heavy atom. The van der Waals surface area contributed by atoms with Gasteiger partial charge in [0.05, 0.1) is 22.9 Å².